The Morgan fingerprint density at radius 2 is 1.22 bits per heavy atom. The molecule has 0 nitrogen and oxygen atoms in total. The molecule has 0 saturated carbocycles. The van der Waals surface area contributed by atoms with Gasteiger partial charge in [0.1, 0.15) is 0 Å². The second-order valence-electron chi connectivity index (χ2n) is 3.53. The summed E-state index contributed by atoms with van der Waals surface area (Å²) in [6.07, 6.45) is -8.60. The molecule has 109 valence electrons. The van der Waals surface area contributed by atoms with E-state index < -0.39 is 44.5 Å². The molecule has 0 spiro atoms. The van der Waals surface area contributed by atoms with Crippen LogP contribution in [0.15, 0.2) is 0 Å². The molecule has 0 heterocycles. The minimum Gasteiger partial charge on any atom is -0.200 e. The minimum atomic E-state index is -6.81. The topological polar surface area (TPSA) is 0 Å². The maximum atomic E-state index is 12.8. The highest BCUT2D eigenvalue weighted by atomic mass is 35.6. The van der Waals surface area contributed by atoms with Crippen molar-refractivity contribution in [3.05, 3.63) is 0 Å². The molecule has 1 radical (unpaired) electrons. The van der Waals surface area contributed by atoms with E-state index in [1.807, 2.05) is 0 Å². The molecule has 0 atom stereocenters. The molecule has 11 heteroatoms. The van der Waals surface area contributed by atoms with Gasteiger partial charge in [-0.05, 0) is 6.04 Å². The van der Waals surface area contributed by atoms with Gasteiger partial charge in [0.15, 0.2) is 8.11 Å². The Balaban J connectivity index is 5.23. The zero-order valence-corrected chi connectivity index (χ0v) is 10.4. The fourth-order valence-electron chi connectivity index (χ4n) is 0.894. The second-order valence-corrected chi connectivity index (χ2v) is 7.32. The summed E-state index contributed by atoms with van der Waals surface area (Å²) in [6.45, 7) is 1.21. The fraction of sp³-hybridized carbons (Fsp3) is 1.00. The van der Waals surface area contributed by atoms with Crippen LogP contribution in [-0.4, -0.2) is 32.1 Å². The number of alkyl halides is 9. The first kappa shape index (κ1) is 17.9. The van der Waals surface area contributed by atoms with Crippen molar-refractivity contribution in [1.29, 1.82) is 0 Å². The first-order chi connectivity index (χ1) is 7.67. The first-order valence-electron chi connectivity index (χ1n) is 4.35. The van der Waals surface area contributed by atoms with Crippen LogP contribution in [0, 0.1) is 0 Å². The Labute approximate surface area is 102 Å². The molecule has 0 unspecified atom stereocenters. The highest BCUT2D eigenvalue weighted by molar-refractivity contribution is 7.06. The molecule has 0 aliphatic rings. The molecule has 0 aliphatic heterocycles. The fourth-order valence-corrected chi connectivity index (χ4v) is 1.84. The van der Waals surface area contributed by atoms with Crippen molar-refractivity contribution in [3.8, 4) is 0 Å². The van der Waals surface area contributed by atoms with Gasteiger partial charge >= 0.3 is 23.9 Å². The smallest absolute Gasteiger partial charge is 0.200 e. The van der Waals surface area contributed by atoms with Crippen LogP contribution in [0.2, 0.25) is 12.6 Å². The standard InChI is InChI=1S/C7H7ClF9Si/c1-18(8)3-2-4(9,10)5(11,12)6(13,14)7(15,16)17/h2-3H2,1H3. The van der Waals surface area contributed by atoms with E-state index in [1.165, 1.54) is 6.55 Å². The molecule has 0 N–H and O–H groups in total. The largest absolute Gasteiger partial charge is 0.460 e. The molecule has 0 saturated heterocycles. The van der Waals surface area contributed by atoms with Crippen LogP contribution in [0.1, 0.15) is 6.42 Å². The molecular formula is C7H7ClF9Si. The molecule has 0 amide bonds. The van der Waals surface area contributed by atoms with Crippen molar-refractivity contribution in [1.82, 2.24) is 0 Å². The Morgan fingerprint density at radius 3 is 1.50 bits per heavy atom. The highest BCUT2D eigenvalue weighted by Crippen LogP contribution is 2.54. The van der Waals surface area contributed by atoms with Crippen LogP contribution in [0.25, 0.3) is 0 Å². The predicted octanol–water partition coefficient (Wildman–Crippen LogP) is 4.70. The molecular weight excluding hydrogens is 319 g/mol. The molecule has 18 heavy (non-hydrogen) atoms. The summed E-state index contributed by atoms with van der Waals surface area (Å²) >= 11 is 5.25. The van der Waals surface area contributed by atoms with Crippen molar-refractivity contribution in [3.63, 3.8) is 0 Å². The third-order valence-electron chi connectivity index (χ3n) is 1.99. The zero-order chi connectivity index (χ0) is 15.0. The van der Waals surface area contributed by atoms with Crippen molar-refractivity contribution < 1.29 is 39.5 Å². The molecule has 0 aromatic rings. The third kappa shape index (κ3) is 3.25. The summed E-state index contributed by atoms with van der Waals surface area (Å²) in [4.78, 5) is 0. The van der Waals surface area contributed by atoms with Gasteiger partial charge in [0.05, 0.1) is 0 Å². The molecule has 0 fully saturated rings. The number of halogens is 10. The first-order valence-corrected chi connectivity index (χ1v) is 7.57. The predicted molar refractivity (Wildman–Crippen MR) is 47.8 cm³/mol. The van der Waals surface area contributed by atoms with E-state index in [-0.39, 0.29) is 0 Å². The lowest BCUT2D eigenvalue weighted by molar-refractivity contribution is -0.396. The van der Waals surface area contributed by atoms with Gasteiger partial charge in [0.25, 0.3) is 0 Å². The maximum absolute atomic E-state index is 12.8. The zero-order valence-electron chi connectivity index (χ0n) is 8.69. The molecule has 0 rings (SSSR count). The number of hydrogen-bond acceptors (Lipinski definition) is 0. The average molecular weight is 326 g/mol. The van der Waals surface area contributed by atoms with Gasteiger partial charge in [-0.15, -0.1) is 0 Å². The summed E-state index contributed by atoms with van der Waals surface area (Å²) in [6, 6.07) is -0.733. The number of rotatable bonds is 5. The molecule has 0 aromatic carbocycles. The summed E-state index contributed by atoms with van der Waals surface area (Å²) in [5, 5.41) is 0. The third-order valence-corrected chi connectivity index (χ3v) is 3.50. The lowest BCUT2D eigenvalue weighted by atomic mass is 10.0. The van der Waals surface area contributed by atoms with Gasteiger partial charge < -0.3 is 0 Å². The van der Waals surface area contributed by atoms with E-state index in [1.54, 1.807) is 0 Å². The summed E-state index contributed by atoms with van der Waals surface area (Å²) < 4.78 is 111. The van der Waals surface area contributed by atoms with E-state index >= 15 is 0 Å². The average Bonchev–Trinajstić information content (AvgIpc) is 2.12. The molecule has 0 aliphatic carbocycles. The van der Waals surface area contributed by atoms with Gasteiger partial charge in [0, 0.05) is 6.42 Å². The van der Waals surface area contributed by atoms with Gasteiger partial charge in [-0.2, -0.15) is 50.6 Å². The minimum absolute atomic E-state index is 0.733. The van der Waals surface area contributed by atoms with Crippen molar-refractivity contribution >= 4 is 19.2 Å². The van der Waals surface area contributed by atoms with Crippen molar-refractivity contribution in [2.24, 2.45) is 0 Å². The van der Waals surface area contributed by atoms with Gasteiger partial charge in [-0.3, -0.25) is 0 Å². The van der Waals surface area contributed by atoms with E-state index in [0.717, 1.165) is 0 Å². The molecule has 0 aromatic heterocycles. The normalized spacial score (nSPS) is 15.3. The Hall–Kier alpha value is -0.123. The summed E-state index contributed by atoms with van der Waals surface area (Å²) in [7, 11) is -1.97. The monoisotopic (exact) mass is 325 g/mol. The lowest BCUT2D eigenvalue weighted by Crippen LogP contribution is -2.60. The Kier molecular flexibility index (Phi) is 5.07. The second kappa shape index (κ2) is 5.10. The van der Waals surface area contributed by atoms with Gasteiger partial charge in [0.2, 0.25) is 0 Å². The van der Waals surface area contributed by atoms with E-state index in [0.29, 0.717) is 0 Å². The lowest BCUT2D eigenvalue weighted by Gasteiger charge is -2.33. The van der Waals surface area contributed by atoms with Gasteiger partial charge in [-0.1, -0.05) is 6.55 Å². The highest BCUT2D eigenvalue weighted by Gasteiger charge is 2.81. The van der Waals surface area contributed by atoms with E-state index in [4.69, 9.17) is 11.1 Å². The Morgan fingerprint density at radius 1 is 0.833 bits per heavy atom. The van der Waals surface area contributed by atoms with Crippen LogP contribution in [0.5, 0.6) is 0 Å². The van der Waals surface area contributed by atoms with Gasteiger partial charge in [-0.25, -0.2) is 0 Å². The van der Waals surface area contributed by atoms with E-state index in [9.17, 15) is 39.5 Å². The summed E-state index contributed by atoms with van der Waals surface area (Å²) in [5.74, 6) is -18.8. The van der Waals surface area contributed by atoms with E-state index in [2.05, 4.69) is 0 Å². The van der Waals surface area contributed by atoms with Crippen LogP contribution in [0.4, 0.5) is 39.5 Å². The number of hydrogen-bond donors (Lipinski definition) is 0. The maximum Gasteiger partial charge on any atom is 0.460 e. The summed E-state index contributed by atoms with van der Waals surface area (Å²) in [5.41, 5.74) is 0. The van der Waals surface area contributed by atoms with Crippen LogP contribution in [0.3, 0.4) is 0 Å². The van der Waals surface area contributed by atoms with Crippen LogP contribution < -0.4 is 0 Å². The Bertz CT molecular complexity index is 285. The SMILES string of the molecule is C[Si](Cl)CCC(F)(F)C(F)(F)C(F)(F)C(F)(F)F. The molecule has 0 bridgehead atoms. The van der Waals surface area contributed by atoms with Crippen LogP contribution >= 0.6 is 11.1 Å². The van der Waals surface area contributed by atoms with Crippen molar-refractivity contribution in [2.75, 3.05) is 0 Å². The van der Waals surface area contributed by atoms with Crippen LogP contribution in [-0.2, 0) is 0 Å². The van der Waals surface area contributed by atoms with Crippen molar-refractivity contribution in [2.45, 2.75) is 43.0 Å². The quantitative estimate of drug-likeness (QED) is 0.390.